The summed E-state index contributed by atoms with van der Waals surface area (Å²) in [4.78, 5) is 4.32. The van der Waals surface area contributed by atoms with E-state index in [0.717, 1.165) is 24.1 Å². The Morgan fingerprint density at radius 1 is 1.40 bits per heavy atom. The van der Waals surface area contributed by atoms with Crippen LogP contribution >= 0.6 is 11.6 Å². The molecule has 0 aliphatic heterocycles. The summed E-state index contributed by atoms with van der Waals surface area (Å²) in [6.07, 6.45) is 4.80. The first-order chi connectivity index (χ1) is 7.18. The van der Waals surface area contributed by atoms with Crippen LogP contribution in [0.1, 0.15) is 36.9 Å². The van der Waals surface area contributed by atoms with Gasteiger partial charge in [0.2, 0.25) is 0 Å². The molecule has 0 atom stereocenters. The van der Waals surface area contributed by atoms with Gasteiger partial charge in [0.15, 0.2) is 0 Å². The molecule has 1 aromatic heterocycles. The first-order valence-electron chi connectivity index (χ1n) is 5.52. The first-order valence-corrected chi connectivity index (χ1v) is 5.89. The number of aromatic nitrogens is 1. The van der Waals surface area contributed by atoms with Crippen LogP contribution in [0.25, 0.3) is 0 Å². The second-order valence-corrected chi connectivity index (χ2v) is 4.84. The van der Waals surface area contributed by atoms with Crippen LogP contribution in [0.3, 0.4) is 0 Å². The second-order valence-electron chi connectivity index (χ2n) is 4.48. The Hall–Kier alpha value is -0.600. The minimum absolute atomic E-state index is 0.0950. The number of rotatable bonds is 2. The number of nitrogens with zero attached hydrogens (tertiary/aromatic N) is 1. The van der Waals surface area contributed by atoms with Gasteiger partial charge in [0.25, 0.3) is 0 Å². The van der Waals surface area contributed by atoms with Gasteiger partial charge in [-0.05, 0) is 31.4 Å². The Morgan fingerprint density at radius 2 is 2.07 bits per heavy atom. The Bertz CT molecular complexity index is 357. The fourth-order valence-electron chi connectivity index (χ4n) is 2.56. The quantitative estimate of drug-likeness (QED) is 0.785. The van der Waals surface area contributed by atoms with E-state index in [1.165, 1.54) is 12.8 Å². The standard InChI is InChI=1S/C12H17ClN2/c1-9-4-5-10(11(13)15-9)12(8-14)6-2-3-7-12/h4-5H,2-3,6-8,14H2,1H3. The number of hydrogen-bond donors (Lipinski definition) is 1. The van der Waals surface area contributed by atoms with Crippen molar-refractivity contribution >= 4 is 11.6 Å². The zero-order chi connectivity index (χ0) is 10.9. The van der Waals surface area contributed by atoms with E-state index in [0.29, 0.717) is 11.7 Å². The lowest BCUT2D eigenvalue weighted by Crippen LogP contribution is -2.32. The van der Waals surface area contributed by atoms with Crippen molar-refractivity contribution in [3.8, 4) is 0 Å². The molecule has 82 valence electrons. The summed E-state index contributed by atoms with van der Waals surface area (Å²) < 4.78 is 0. The minimum atomic E-state index is 0.0950. The Kier molecular flexibility index (Phi) is 2.98. The van der Waals surface area contributed by atoms with Crippen molar-refractivity contribution in [2.45, 2.75) is 38.0 Å². The maximum atomic E-state index is 6.21. The van der Waals surface area contributed by atoms with E-state index in [1.54, 1.807) is 0 Å². The molecule has 2 rings (SSSR count). The lowest BCUT2D eigenvalue weighted by atomic mass is 9.80. The van der Waals surface area contributed by atoms with E-state index in [4.69, 9.17) is 17.3 Å². The third-order valence-electron chi connectivity index (χ3n) is 3.51. The molecule has 0 unspecified atom stereocenters. The normalized spacial score (nSPS) is 19.4. The van der Waals surface area contributed by atoms with Gasteiger partial charge >= 0.3 is 0 Å². The van der Waals surface area contributed by atoms with E-state index in [1.807, 2.05) is 13.0 Å². The molecule has 0 aromatic carbocycles. The predicted octanol–water partition coefficient (Wildman–Crippen LogP) is 2.81. The van der Waals surface area contributed by atoms with E-state index < -0.39 is 0 Å². The molecule has 0 bridgehead atoms. The summed E-state index contributed by atoms with van der Waals surface area (Å²) in [6, 6.07) is 4.12. The van der Waals surface area contributed by atoms with Gasteiger partial charge in [0.1, 0.15) is 5.15 Å². The van der Waals surface area contributed by atoms with Crippen molar-refractivity contribution in [2.24, 2.45) is 5.73 Å². The highest BCUT2D eigenvalue weighted by Gasteiger charge is 2.36. The van der Waals surface area contributed by atoms with Crippen LogP contribution in [0.15, 0.2) is 12.1 Å². The van der Waals surface area contributed by atoms with E-state index in [9.17, 15) is 0 Å². The fraction of sp³-hybridized carbons (Fsp3) is 0.583. The molecule has 3 heteroatoms. The average molecular weight is 225 g/mol. The van der Waals surface area contributed by atoms with Gasteiger partial charge < -0.3 is 5.73 Å². The largest absolute Gasteiger partial charge is 0.330 e. The predicted molar refractivity (Wildman–Crippen MR) is 63.2 cm³/mol. The number of pyridine rings is 1. The molecule has 0 amide bonds. The average Bonchev–Trinajstić information content (AvgIpc) is 2.67. The molecule has 1 fully saturated rings. The summed E-state index contributed by atoms with van der Waals surface area (Å²) in [5.74, 6) is 0. The SMILES string of the molecule is Cc1ccc(C2(CN)CCCC2)c(Cl)n1. The number of nitrogens with two attached hydrogens (primary N) is 1. The summed E-state index contributed by atoms with van der Waals surface area (Å²) in [5.41, 5.74) is 8.13. The third kappa shape index (κ3) is 1.88. The van der Waals surface area contributed by atoms with Crippen LogP contribution in [-0.2, 0) is 5.41 Å². The molecular formula is C12H17ClN2. The number of halogens is 1. The number of aryl methyl sites for hydroxylation is 1. The first kappa shape index (κ1) is 10.9. The van der Waals surface area contributed by atoms with Gasteiger partial charge in [-0.15, -0.1) is 0 Å². The van der Waals surface area contributed by atoms with Crippen molar-refractivity contribution in [2.75, 3.05) is 6.54 Å². The van der Waals surface area contributed by atoms with Crippen molar-refractivity contribution in [3.05, 3.63) is 28.5 Å². The van der Waals surface area contributed by atoms with Crippen molar-refractivity contribution in [1.82, 2.24) is 4.98 Å². The van der Waals surface area contributed by atoms with Crippen molar-refractivity contribution < 1.29 is 0 Å². The van der Waals surface area contributed by atoms with Gasteiger partial charge in [-0.3, -0.25) is 0 Å². The second kappa shape index (κ2) is 4.11. The van der Waals surface area contributed by atoms with Gasteiger partial charge in [-0.1, -0.05) is 30.5 Å². The molecule has 1 aliphatic carbocycles. The third-order valence-corrected chi connectivity index (χ3v) is 3.80. The van der Waals surface area contributed by atoms with Crippen molar-refractivity contribution in [3.63, 3.8) is 0 Å². The van der Waals surface area contributed by atoms with Crippen LogP contribution in [0.2, 0.25) is 5.15 Å². The highest BCUT2D eigenvalue weighted by molar-refractivity contribution is 6.30. The molecule has 2 nitrogen and oxygen atoms in total. The summed E-state index contributed by atoms with van der Waals surface area (Å²) in [7, 11) is 0. The highest BCUT2D eigenvalue weighted by atomic mass is 35.5. The maximum absolute atomic E-state index is 6.21. The van der Waals surface area contributed by atoms with E-state index >= 15 is 0 Å². The highest BCUT2D eigenvalue weighted by Crippen LogP contribution is 2.42. The lowest BCUT2D eigenvalue weighted by molar-refractivity contribution is 0.451. The molecular weight excluding hydrogens is 208 g/mol. The Labute approximate surface area is 95.8 Å². The Morgan fingerprint density at radius 3 is 2.60 bits per heavy atom. The minimum Gasteiger partial charge on any atom is -0.330 e. The van der Waals surface area contributed by atoms with Gasteiger partial charge in [0.05, 0.1) is 0 Å². The lowest BCUT2D eigenvalue weighted by Gasteiger charge is -2.28. The molecule has 1 heterocycles. The van der Waals surface area contributed by atoms with E-state index in [2.05, 4.69) is 11.1 Å². The topological polar surface area (TPSA) is 38.9 Å². The molecule has 1 aromatic rings. The Balaban J connectivity index is 2.42. The van der Waals surface area contributed by atoms with Crippen LogP contribution in [0.5, 0.6) is 0 Å². The zero-order valence-corrected chi connectivity index (χ0v) is 9.85. The van der Waals surface area contributed by atoms with Crippen LogP contribution in [0.4, 0.5) is 0 Å². The molecule has 0 saturated heterocycles. The summed E-state index contributed by atoms with van der Waals surface area (Å²) in [5, 5.41) is 0.641. The molecule has 0 radical (unpaired) electrons. The fourth-order valence-corrected chi connectivity index (χ4v) is 2.95. The van der Waals surface area contributed by atoms with Crippen LogP contribution < -0.4 is 5.73 Å². The molecule has 15 heavy (non-hydrogen) atoms. The zero-order valence-electron chi connectivity index (χ0n) is 9.09. The summed E-state index contributed by atoms with van der Waals surface area (Å²) >= 11 is 6.21. The monoisotopic (exact) mass is 224 g/mol. The molecule has 1 aliphatic rings. The molecule has 0 spiro atoms. The molecule has 2 N–H and O–H groups in total. The van der Waals surface area contributed by atoms with Gasteiger partial charge in [-0.25, -0.2) is 4.98 Å². The van der Waals surface area contributed by atoms with Gasteiger partial charge in [-0.2, -0.15) is 0 Å². The van der Waals surface area contributed by atoms with Gasteiger partial charge in [0, 0.05) is 17.7 Å². The van der Waals surface area contributed by atoms with E-state index in [-0.39, 0.29) is 5.41 Å². The van der Waals surface area contributed by atoms with Crippen LogP contribution in [-0.4, -0.2) is 11.5 Å². The van der Waals surface area contributed by atoms with Crippen molar-refractivity contribution in [1.29, 1.82) is 0 Å². The molecule has 1 saturated carbocycles. The summed E-state index contributed by atoms with van der Waals surface area (Å²) in [6.45, 7) is 2.64. The maximum Gasteiger partial charge on any atom is 0.133 e. The smallest absolute Gasteiger partial charge is 0.133 e. The number of hydrogen-bond acceptors (Lipinski definition) is 2. The van der Waals surface area contributed by atoms with Crippen LogP contribution in [0, 0.1) is 6.92 Å².